The second-order valence-corrected chi connectivity index (χ2v) is 4.32. The van der Waals surface area contributed by atoms with Crippen molar-refractivity contribution in [1.29, 1.82) is 0 Å². The average Bonchev–Trinajstić information content (AvgIpc) is 2.84. The fraction of sp³-hybridized carbons (Fsp3) is 0.286. The van der Waals surface area contributed by atoms with E-state index in [1.54, 1.807) is 19.6 Å². The molecule has 0 radical (unpaired) electrons. The first-order valence-corrected chi connectivity index (χ1v) is 5.98. The van der Waals surface area contributed by atoms with E-state index in [1.165, 1.54) is 0 Å². The monoisotopic (exact) mass is 260 g/mol. The van der Waals surface area contributed by atoms with E-state index in [2.05, 4.69) is 4.98 Å². The lowest BCUT2D eigenvalue weighted by atomic mass is 10.1. The molecule has 2 rings (SSSR count). The summed E-state index contributed by atoms with van der Waals surface area (Å²) in [6.45, 7) is 2.39. The standard InChI is InChI=1S/C14H16N2O3/c1-10-3-4-13(19-2)11(7-10)12-8-15-9-16(12)6-5-14(17)18/h3-4,7-9H,5-6H2,1-2H3,(H,17,18). The molecule has 1 aromatic carbocycles. The normalized spacial score (nSPS) is 10.4. The van der Waals surface area contributed by atoms with E-state index in [1.807, 2.05) is 29.7 Å². The number of hydrogen-bond acceptors (Lipinski definition) is 3. The Morgan fingerprint density at radius 3 is 2.95 bits per heavy atom. The summed E-state index contributed by atoms with van der Waals surface area (Å²) in [5.74, 6) is -0.0708. The van der Waals surface area contributed by atoms with Gasteiger partial charge in [0.25, 0.3) is 0 Å². The van der Waals surface area contributed by atoms with Crippen molar-refractivity contribution >= 4 is 5.97 Å². The molecule has 5 heteroatoms. The van der Waals surface area contributed by atoms with Gasteiger partial charge in [-0.2, -0.15) is 0 Å². The van der Waals surface area contributed by atoms with E-state index in [0.29, 0.717) is 6.54 Å². The second kappa shape index (κ2) is 5.56. The Kier molecular flexibility index (Phi) is 3.85. The van der Waals surface area contributed by atoms with Gasteiger partial charge in [0.2, 0.25) is 0 Å². The van der Waals surface area contributed by atoms with Gasteiger partial charge in [-0.25, -0.2) is 4.98 Å². The highest BCUT2D eigenvalue weighted by atomic mass is 16.5. The molecule has 0 aliphatic heterocycles. The molecule has 2 aromatic rings. The molecule has 0 bridgehead atoms. The number of nitrogens with zero attached hydrogens (tertiary/aromatic N) is 2. The maximum absolute atomic E-state index is 10.7. The van der Waals surface area contributed by atoms with Crippen LogP contribution in [0.2, 0.25) is 0 Å². The lowest BCUT2D eigenvalue weighted by Gasteiger charge is -2.11. The number of ether oxygens (including phenoxy) is 1. The van der Waals surface area contributed by atoms with Crippen molar-refractivity contribution in [3.8, 4) is 17.0 Å². The van der Waals surface area contributed by atoms with Gasteiger partial charge in [0, 0.05) is 12.1 Å². The molecule has 0 aliphatic rings. The van der Waals surface area contributed by atoms with Crippen LogP contribution in [0, 0.1) is 6.92 Å². The highest BCUT2D eigenvalue weighted by molar-refractivity contribution is 5.69. The van der Waals surface area contributed by atoms with Crippen LogP contribution in [-0.2, 0) is 11.3 Å². The van der Waals surface area contributed by atoms with E-state index in [9.17, 15) is 4.79 Å². The van der Waals surface area contributed by atoms with E-state index < -0.39 is 5.97 Å². The first-order chi connectivity index (χ1) is 9.11. The first-order valence-electron chi connectivity index (χ1n) is 5.98. The van der Waals surface area contributed by atoms with Crippen molar-refractivity contribution in [2.45, 2.75) is 19.9 Å². The molecule has 0 atom stereocenters. The van der Waals surface area contributed by atoms with Gasteiger partial charge in [-0.05, 0) is 19.1 Å². The van der Waals surface area contributed by atoms with Gasteiger partial charge in [-0.3, -0.25) is 4.79 Å². The molecular weight excluding hydrogens is 244 g/mol. The van der Waals surface area contributed by atoms with Crippen LogP contribution in [0.4, 0.5) is 0 Å². The Bertz CT molecular complexity index is 590. The van der Waals surface area contributed by atoms with Crippen LogP contribution < -0.4 is 4.74 Å². The van der Waals surface area contributed by atoms with Gasteiger partial charge < -0.3 is 14.4 Å². The van der Waals surface area contributed by atoms with E-state index in [4.69, 9.17) is 9.84 Å². The summed E-state index contributed by atoms with van der Waals surface area (Å²) in [7, 11) is 1.62. The number of rotatable bonds is 5. The fourth-order valence-corrected chi connectivity index (χ4v) is 1.96. The Labute approximate surface area is 111 Å². The third-order valence-electron chi connectivity index (χ3n) is 2.91. The molecule has 0 aliphatic carbocycles. The van der Waals surface area contributed by atoms with Crippen LogP contribution in [0.25, 0.3) is 11.3 Å². The third kappa shape index (κ3) is 2.93. The zero-order valence-electron chi connectivity index (χ0n) is 11.0. The van der Waals surface area contributed by atoms with Gasteiger partial charge >= 0.3 is 5.97 Å². The van der Waals surface area contributed by atoms with E-state index in [-0.39, 0.29) is 6.42 Å². The number of aryl methyl sites for hydroxylation is 2. The first kappa shape index (κ1) is 13.1. The molecule has 0 spiro atoms. The number of carboxylic acid groups (broad SMARTS) is 1. The number of aliphatic carboxylic acids is 1. The molecule has 1 aromatic heterocycles. The highest BCUT2D eigenvalue weighted by Crippen LogP contribution is 2.30. The molecule has 1 heterocycles. The van der Waals surface area contributed by atoms with Crippen molar-refractivity contribution in [3.05, 3.63) is 36.3 Å². The minimum absolute atomic E-state index is 0.0670. The largest absolute Gasteiger partial charge is 0.496 e. The summed E-state index contributed by atoms with van der Waals surface area (Å²) < 4.78 is 7.17. The SMILES string of the molecule is COc1ccc(C)cc1-c1cncn1CCC(=O)O. The molecule has 5 nitrogen and oxygen atoms in total. The van der Waals surface area contributed by atoms with Crippen molar-refractivity contribution in [2.24, 2.45) is 0 Å². The van der Waals surface area contributed by atoms with E-state index >= 15 is 0 Å². The molecule has 0 fully saturated rings. The van der Waals surface area contributed by atoms with Crippen LogP contribution in [0.3, 0.4) is 0 Å². The summed E-state index contributed by atoms with van der Waals surface area (Å²) >= 11 is 0. The zero-order chi connectivity index (χ0) is 13.8. The maximum Gasteiger partial charge on any atom is 0.305 e. The summed E-state index contributed by atoms with van der Waals surface area (Å²) in [4.78, 5) is 14.8. The minimum Gasteiger partial charge on any atom is -0.496 e. The highest BCUT2D eigenvalue weighted by Gasteiger charge is 2.11. The predicted molar refractivity (Wildman–Crippen MR) is 71.2 cm³/mol. The molecule has 0 amide bonds. The van der Waals surface area contributed by atoms with Crippen molar-refractivity contribution < 1.29 is 14.6 Å². The van der Waals surface area contributed by atoms with Crippen molar-refractivity contribution in [3.63, 3.8) is 0 Å². The molecule has 0 unspecified atom stereocenters. The number of methoxy groups -OCH3 is 1. The van der Waals surface area contributed by atoms with Crippen molar-refractivity contribution in [2.75, 3.05) is 7.11 Å². The van der Waals surface area contributed by atoms with Gasteiger partial charge in [-0.15, -0.1) is 0 Å². The summed E-state index contributed by atoms with van der Waals surface area (Å²) in [5, 5.41) is 8.76. The number of benzene rings is 1. The minimum atomic E-state index is -0.823. The summed E-state index contributed by atoms with van der Waals surface area (Å²) in [6, 6.07) is 5.88. The van der Waals surface area contributed by atoms with Gasteiger partial charge in [0.1, 0.15) is 5.75 Å². The molecule has 0 saturated carbocycles. The maximum atomic E-state index is 10.7. The smallest absolute Gasteiger partial charge is 0.305 e. The number of carbonyl (C=O) groups is 1. The molecule has 100 valence electrons. The molecular formula is C14H16N2O3. The van der Waals surface area contributed by atoms with E-state index in [0.717, 1.165) is 22.6 Å². The third-order valence-corrected chi connectivity index (χ3v) is 2.91. The molecule has 0 saturated heterocycles. The van der Waals surface area contributed by atoms with Crippen molar-refractivity contribution in [1.82, 2.24) is 9.55 Å². The van der Waals surface area contributed by atoms with Gasteiger partial charge in [-0.1, -0.05) is 11.6 Å². The number of hydrogen-bond donors (Lipinski definition) is 1. The Morgan fingerprint density at radius 1 is 1.47 bits per heavy atom. The van der Waals surface area contributed by atoms with Gasteiger partial charge in [0.15, 0.2) is 0 Å². The quantitative estimate of drug-likeness (QED) is 0.896. The second-order valence-electron chi connectivity index (χ2n) is 4.32. The Morgan fingerprint density at radius 2 is 2.26 bits per heavy atom. The zero-order valence-corrected chi connectivity index (χ0v) is 11.0. The van der Waals surface area contributed by atoms with Crippen LogP contribution in [0.15, 0.2) is 30.7 Å². The Hall–Kier alpha value is -2.30. The predicted octanol–water partition coefficient (Wildman–Crippen LogP) is 2.34. The molecule has 19 heavy (non-hydrogen) atoms. The Balaban J connectivity index is 2.39. The summed E-state index contributed by atoms with van der Waals surface area (Å²) in [6.07, 6.45) is 3.43. The fourth-order valence-electron chi connectivity index (χ4n) is 1.96. The number of aromatic nitrogens is 2. The van der Waals surface area contributed by atoms with Crippen LogP contribution in [0.5, 0.6) is 5.75 Å². The van der Waals surface area contributed by atoms with Crippen LogP contribution >= 0.6 is 0 Å². The molecule has 1 N–H and O–H groups in total. The number of imidazole rings is 1. The lowest BCUT2D eigenvalue weighted by molar-refractivity contribution is -0.137. The average molecular weight is 260 g/mol. The topological polar surface area (TPSA) is 64.4 Å². The van der Waals surface area contributed by atoms with Crippen LogP contribution in [0.1, 0.15) is 12.0 Å². The summed E-state index contributed by atoms with van der Waals surface area (Å²) in [5.41, 5.74) is 2.90. The van der Waals surface area contributed by atoms with Crippen LogP contribution in [-0.4, -0.2) is 27.7 Å². The van der Waals surface area contributed by atoms with Gasteiger partial charge in [0.05, 0.1) is 31.7 Å². The lowest BCUT2D eigenvalue weighted by Crippen LogP contribution is -2.05. The number of carboxylic acids is 1.